The first-order valence-electron chi connectivity index (χ1n) is 7.63. The number of aryl methyl sites for hydroxylation is 1. The molecule has 0 spiro atoms. The topological polar surface area (TPSA) is 23.5 Å². The Labute approximate surface area is 117 Å². The first kappa shape index (κ1) is 14.5. The maximum atomic E-state index is 10.4. The van der Waals surface area contributed by atoms with Crippen LogP contribution >= 0.6 is 0 Å². The molecule has 2 heteroatoms. The van der Waals surface area contributed by atoms with Crippen molar-refractivity contribution in [1.82, 2.24) is 4.90 Å². The molecule has 0 radical (unpaired) electrons. The Bertz CT molecular complexity index is 357. The minimum absolute atomic E-state index is 0.395. The van der Waals surface area contributed by atoms with Crippen molar-refractivity contribution < 1.29 is 5.11 Å². The molecule has 1 fully saturated rings. The average Bonchev–Trinajstić information content (AvgIpc) is 2.82. The second-order valence-electron chi connectivity index (χ2n) is 6.11. The lowest BCUT2D eigenvalue weighted by molar-refractivity contribution is 0.0161. The third-order valence-corrected chi connectivity index (χ3v) is 4.20. The summed E-state index contributed by atoms with van der Waals surface area (Å²) in [6.07, 6.45) is 7.96. The van der Waals surface area contributed by atoms with E-state index in [1.54, 1.807) is 0 Å². The molecule has 1 N–H and O–H groups in total. The molecule has 1 aromatic rings. The molecule has 0 amide bonds. The summed E-state index contributed by atoms with van der Waals surface area (Å²) in [7, 11) is 2.14. The Morgan fingerprint density at radius 3 is 2.47 bits per heavy atom. The van der Waals surface area contributed by atoms with Crippen molar-refractivity contribution in [3.8, 4) is 0 Å². The summed E-state index contributed by atoms with van der Waals surface area (Å²) >= 11 is 0. The molecule has 1 aliphatic carbocycles. The van der Waals surface area contributed by atoms with Crippen molar-refractivity contribution >= 4 is 0 Å². The Hall–Kier alpha value is -0.860. The number of unbranched alkanes of at least 4 members (excludes halogenated alkanes) is 1. The lowest BCUT2D eigenvalue weighted by atomic mass is 10.0. The number of aliphatic hydroxyl groups is 1. The molecule has 0 unspecified atom stereocenters. The molecule has 2 nitrogen and oxygen atoms in total. The smallest absolute Gasteiger partial charge is 0.0774 e. The van der Waals surface area contributed by atoms with Crippen LogP contribution in [0.3, 0.4) is 0 Å². The number of hydrogen-bond acceptors (Lipinski definition) is 2. The van der Waals surface area contributed by atoms with E-state index in [1.807, 2.05) is 0 Å². The fourth-order valence-electron chi connectivity index (χ4n) is 3.13. The van der Waals surface area contributed by atoms with Gasteiger partial charge in [-0.2, -0.15) is 0 Å². The summed E-state index contributed by atoms with van der Waals surface area (Å²) in [5.74, 6) is 0. The third-order valence-electron chi connectivity index (χ3n) is 4.20. The summed E-state index contributed by atoms with van der Waals surface area (Å²) in [6, 6.07) is 10.7. The van der Waals surface area contributed by atoms with Crippen LogP contribution in [0.15, 0.2) is 30.3 Å². The zero-order valence-corrected chi connectivity index (χ0v) is 12.1. The Kier molecular flexibility index (Phi) is 5.41. The number of hydrogen-bond donors (Lipinski definition) is 1. The fourth-order valence-corrected chi connectivity index (χ4v) is 3.13. The highest BCUT2D eigenvalue weighted by Crippen LogP contribution is 2.29. The maximum absolute atomic E-state index is 10.4. The van der Waals surface area contributed by atoms with E-state index in [0.717, 1.165) is 25.9 Å². The summed E-state index contributed by atoms with van der Waals surface area (Å²) < 4.78 is 0. The van der Waals surface area contributed by atoms with Crippen molar-refractivity contribution in [3.05, 3.63) is 35.9 Å². The van der Waals surface area contributed by atoms with E-state index < -0.39 is 5.60 Å². The molecule has 0 heterocycles. The Balaban J connectivity index is 1.60. The van der Waals surface area contributed by atoms with Crippen molar-refractivity contribution in [2.75, 3.05) is 20.1 Å². The lowest BCUT2D eigenvalue weighted by Gasteiger charge is -2.28. The van der Waals surface area contributed by atoms with Gasteiger partial charge in [-0.05, 0) is 51.3 Å². The summed E-state index contributed by atoms with van der Waals surface area (Å²) in [5.41, 5.74) is 1.04. The largest absolute Gasteiger partial charge is 0.389 e. The van der Waals surface area contributed by atoms with Gasteiger partial charge in [0.1, 0.15) is 0 Å². The van der Waals surface area contributed by atoms with Crippen LogP contribution in [0.4, 0.5) is 0 Å². The van der Waals surface area contributed by atoms with E-state index in [2.05, 4.69) is 42.3 Å². The predicted molar refractivity (Wildman–Crippen MR) is 80.3 cm³/mol. The number of nitrogens with zero attached hydrogens (tertiary/aromatic N) is 1. The van der Waals surface area contributed by atoms with Gasteiger partial charge < -0.3 is 10.0 Å². The van der Waals surface area contributed by atoms with Crippen molar-refractivity contribution in [2.24, 2.45) is 0 Å². The van der Waals surface area contributed by atoms with Crippen LogP contribution in [0.25, 0.3) is 0 Å². The quantitative estimate of drug-likeness (QED) is 0.762. The molecule has 0 atom stereocenters. The second kappa shape index (κ2) is 7.06. The maximum Gasteiger partial charge on any atom is 0.0774 e. The van der Waals surface area contributed by atoms with Crippen LogP contribution in [0.1, 0.15) is 44.1 Å². The molecule has 2 rings (SSSR count). The molecule has 19 heavy (non-hydrogen) atoms. The second-order valence-corrected chi connectivity index (χ2v) is 6.11. The average molecular weight is 261 g/mol. The molecule has 0 bridgehead atoms. The molecular weight excluding hydrogens is 234 g/mol. The van der Waals surface area contributed by atoms with E-state index in [1.165, 1.54) is 37.7 Å². The molecule has 0 aliphatic heterocycles. The van der Waals surface area contributed by atoms with E-state index >= 15 is 0 Å². The van der Waals surface area contributed by atoms with Crippen molar-refractivity contribution in [3.63, 3.8) is 0 Å². The summed E-state index contributed by atoms with van der Waals surface area (Å²) in [4.78, 5) is 2.30. The van der Waals surface area contributed by atoms with Crippen LogP contribution in [-0.2, 0) is 6.42 Å². The molecular formula is C17H27NO. The fraction of sp³-hybridized carbons (Fsp3) is 0.647. The normalized spacial score (nSPS) is 18.1. The van der Waals surface area contributed by atoms with Gasteiger partial charge in [-0.15, -0.1) is 0 Å². The van der Waals surface area contributed by atoms with Crippen LogP contribution < -0.4 is 0 Å². The first-order chi connectivity index (χ1) is 9.18. The SMILES string of the molecule is CN(CCCCc1ccccc1)CC1(O)CCCC1. The molecule has 0 aromatic heterocycles. The molecule has 0 saturated heterocycles. The van der Waals surface area contributed by atoms with Gasteiger partial charge in [0.15, 0.2) is 0 Å². The van der Waals surface area contributed by atoms with Gasteiger partial charge in [0.25, 0.3) is 0 Å². The van der Waals surface area contributed by atoms with Crippen molar-refractivity contribution in [1.29, 1.82) is 0 Å². The summed E-state index contributed by atoms with van der Waals surface area (Å²) in [5, 5.41) is 10.4. The van der Waals surface area contributed by atoms with Gasteiger partial charge in [-0.1, -0.05) is 43.2 Å². The number of benzene rings is 1. The van der Waals surface area contributed by atoms with Crippen LogP contribution in [-0.4, -0.2) is 35.7 Å². The first-order valence-corrected chi connectivity index (χ1v) is 7.63. The van der Waals surface area contributed by atoms with E-state index in [0.29, 0.717) is 0 Å². The number of likely N-dealkylation sites (N-methyl/N-ethyl adjacent to an activating group) is 1. The van der Waals surface area contributed by atoms with E-state index in [4.69, 9.17) is 0 Å². The predicted octanol–water partition coefficient (Wildman–Crippen LogP) is 3.25. The minimum Gasteiger partial charge on any atom is -0.389 e. The highest BCUT2D eigenvalue weighted by Gasteiger charge is 2.31. The Morgan fingerprint density at radius 2 is 1.79 bits per heavy atom. The Morgan fingerprint density at radius 1 is 1.11 bits per heavy atom. The van der Waals surface area contributed by atoms with Gasteiger partial charge >= 0.3 is 0 Å². The monoisotopic (exact) mass is 261 g/mol. The van der Waals surface area contributed by atoms with Gasteiger partial charge in [0.2, 0.25) is 0 Å². The molecule has 1 saturated carbocycles. The summed E-state index contributed by atoms with van der Waals surface area (Å²) in [6.45, 7) is 1.94. The minimum atomic E-state index is -0.395. The zero-order chi connectivity index (χ0) is 13.6. The van der Waals surface area contributed by atoms with Crippen LogP contribution in [0, 0.1) is 0 Å². The van der Waals surface area contributed by atoms with E-state index in [9.17, 15) is 5.11 Å². The van der Waals surface area contributed by atoms with Crippen LogP contribution in [0.2, 0.25) is 0 Å². The highest BCUT2D eigenvalue weighted by atomic mass is 16.3. The van der Waals surface area contributed by atoms with Gasteiger partial charge in [0, 0.05) is 6.54 Å². The standard InChI is InChI=1S/C17H27NO/c1-18(15-17(19)12-6-7-13-17)14-8-5-11-16-9-3-2-4-10-16/h2-4,9-10,19H,5-8,11-15H2,1H3. The van der Waals surface area contributed by atoms with Crippen LogP contribution in [0.5, 0.6) is 0 Å². The molecule has 1 aromatic carbocycles. The van der Waals surface area contributed by atoms with Crippen molar-refractivity contribution in [2.45, 2.75) is 50.5 Å². The zero-order valence-electron chi connectivity index (χ0n) is 12.1. The van der Waals surface area contributed by atoms with Gasteiger partial charge in [-0.3, -0.25) is 0 Å². The molecule has 106 valence electrons. The van der Waals surface area contributed by atoms with Gasteiger partial charge in [-0.25, -0.2) is 0 Å². The highest BCUT2D eigenvalue weighted by molar-refractivity contribution is 5.14. The third kappa shape index (κ3) is 4.96. The lowest BCUT2D eigenvalue weighted by Crippen LogP contribution is -2.39. The molecule has 1 aliphatic rings. The van der Waals surface area contributed by atoms with Gasteiger partial charge in [0.05, 0.1) is 5.60 Å². The number of rotatable bonds is 7. The van der Waals surface area contributed by atoms with E-state index in [-0.39, 0.29) is 0 Å².